The summed E-state index contributed by atoms with van der Waals surface area (Å²) in [5.74, 6) is 2.39. The van der Waals surface area contributed by atoms with Gasteiger partial charge in [-0.25, -0.2) is 0 Å². The Hall–Kier alpha value is -0.280. The van der Waals surface area contributed by atoms with Crippen molar-refractivity contribution in [2.45, 2.75) is 11.8 Å². The predicted octanol–water partition coefficient (Wildman–Crippen LogP) is 2.56. The molecule has 2 aliphatic rings. The fourth-order valence-corrected chi connectivity index (χ4v) is 3.94. The maximum atomic E-state index is 11.9. The normalized spacial score (nSPS) is 22.2. The monoisotopic (exact) mass is 268 g/mol. The summed E-state index contributed by atoms with van der Waals surface area (Å²) in [6, 6.07) is 6.25. The van der Waals surface area contributed by atoms with E-state index in [0.29, 0.717) is 12.2 Å². The van der Waals surface area contributed by atoms with Crippen molar-refractivity contribution in [1.29, 1.82) is 0 Å². The molecule has 1 saturated heterocycles. The number of halogens is 1. The van der Waals surface area contributed by atoms with Crippen molar-refractivity contribution in [3.05, 3.63) is 33.8 Å². The minimum absolute atomic E-state index is 0.0965. The minimum atomic E-state index is -0.0965. The van der Waals surface area contributed by atoms with Crippen LogP contribution in [0.15, 0.2) is 22.7 Å². The summed E-state index contributed by atoms with van der Waals surface area (Å²) in [5.41, 5.74) is 2.41. The van der Waals surface area contributed by atoms with E-state index in [4.69, 9.17) is 0 Å². The number of hydrogen-bond donors (Lipinski definition) is 0. The van der Waals surface area contributed by atoms with E-state index in [9.17, 15) is 4.79 Å². The van der Waals surface area contributed by atoms with Crippen molar-refractivity contribution < 1.29 is 4.79 Å². The highest BCUT2D eigenvalue weighted by Gasteiger charge is 2.50. The van der Waals surface area contributed by atoms with E-state index in [-0.39, 0.29) is 5.41 Å². The molecule has 1 aromatic carbocycles. The van der Waals surface area contributed by atoms with Gasteiger partial charge in [0.2, 0.25) is 0 Å². The summed E-state index contributed by atoms with van der Waals surface area (Å²) >= 11 is 5.32. The van der Waals surface area contributed by atoms with Gasteiger partial charge in [-0.05, 0) is 23.3 Å². The molecule has 1 nitrogen and oxygen atoms in total. The first-order chi connectivity index (χ1) is 6.72. The second-order valence-corrected chi connectivity index (χ2v) is 5.88. The highest BCUT2D eigenvalue weighted by atomic mass is 79.9. The van der Waals surface area contributed by atoms with Crippen molar-refractivity contribution >= 4 is 33.5 Å². The molecule has 0 amide bonds. The largest absolute Gasteiger partial charge is 0.298 e. The van der Waals surface area contributed by atoms with Gasteiger partial charge in [0.15, 0.2) is 0 Å². The van der Waals surface area contributed by atoms with E-state index in [1.165, 1.54) is 11.1 Å². The number of carbonyl (C=O) groups is 1. The highest BCUT2D eigenvalue weighted by Crippen LogP contribution is 2.48. The average molecular weight is 269 g/mol. The minimum Gasteiger partial charge on any atom is -0.298 e. The molecule has 72 valence electrons. The second kappa shape index (κ2) is 2.86. The van der Waals surface area contributed by atoms with Crippen molar-refractivity contribution in [1.82, 2.24) is 0 Å². The number of thioether (sulfide) groups is 1. The van der Waals surface area contributed by atoms with Crippen LogP contribution >= 0.6 is 27.7 Å². The topological polar surface area (TPSA) is 17.1 Å². The molecule has 0 saturated carbocycles. The van der Waals surface area contributed by atoms with Gasteiger partial charge < -0.3 is 0 Å². The van der Waals surface area contributed by atoms with Crippen LogP contribution < -0.4 is 0 Å². The maximum Gasteiger partial charge on any atom is 0.149 e. The number of carbonyl (C=O) groups excluding carboxylic acids is 1. The van der Waals surface area contributed by atoms with Crippen LogP contribution in [0.4, 0.5) is 0 Å². The van der Waals surface area contributed by atoms with Crippen LogP contribution in [0.5, 0.6) is 0 Å². The van der Waals surface area contributed by atoms with Gasteiger partial charge in [0.25, 0.3) is 0 Å². The number of Topliss-reactive ketones (excluding diaryl/α,β-unsaturated/α-hetero) is 1. The average Bonchev–Trinajstić information content (AvgIpc) is 2.34. The first-order valence-electron chi connectivity index (χ1n) is 4.62. The Balaban J connectivity index is 2.18. The predicted molar refractivity (Wildman–Crippen MR) is 61.9 cm³/mol. The summed E-state index contributed by atoms with van der Waals surface area (Å²) in [7, 11) is 0. The first-order valence-corrected chi connectivity index (χ1v) is 6.57. The van der Waals surface area contributed by atoms with E-state index in [1.807, 2.05) is 17.8 Å². The lowest BCUT2D eigenvalue weighted by molar-refractivity contribution is -0.121. The van der Waals surface area contributed by atoms with Gasteiger partial charge >= 0.3 is 0 Å². The Kier molecular flexibility index (Phi) is 1.83. The maximum absolute atomic E-state index is 11.9. The Morgan fingerprint density at radius 1 is 1.36 bits per heavy atom. The summed E-state index contributed by atoms with van der Waals surface area (Å²) < 4.78 is 1.08. The Morgan fingerprint density at radius 2 is 2.14 bits per heavy atom. The summed E-state index contributed by atoms with van der Waals surface area (Å²) in [4.78, 5) is 11.9. The number of ketones is 1. The van der Waals surface area contributed by atoms with Crippen molar-refractivity contribution in [2.75, 3.05) is 11.5 Å². The smallest absolute Gasteiger partial charge is 0.149 e. The SMILES string of the molecule is O=C1Cc2cc(Br)ccc2C12CSC2. The standard InChI is InChI=1S/C11H9BrOS/c12-8-1-2-9-7(3-8)4-10(13)11(9)5-14-6-11/h1-3H,4-6H2. The molecular weight excluding hydrogens is 260 g/mol. The molecule has 0 aromatic heterocycles. The molecule has 0 radical (unpaired) electrons. The molecule has 3 heteroatoms. The van der Waals surface area contributed by atoms with E-state index in [2.05, 4.69) is 28.1 Å². The van der Waals surface area contributed by atoms with Crippen molar-refractivity contribution in [2.24, 2.45) is 0 Å². The third-order valence-corrected chi connectivity index (χ3v) is 5.05. The van der Waals surface area contributed by atoms with Gasteiger partial charge in [-0.2, -0.15) is 11.8 Å². The Labute approximate surface area is 95.4 Å². The van der Waals surface area contributed by atoms with Gasteiger partial charge in [0.05, 0.1) is 5.41 Å². The third kappa shape index (κ3) is 0.999. The molecule has 1 aromatic rings. The van der Waals surface area contributed by atoms with Crippen LogP contribution in [-0.2, 0) is 16.6 Å². The molecule has 1 fully saturated rings. The number of hydrogen-bond acceptors (Lipinski definition) is 2. The second-order valence-electron chi connectivity index (χ2n) is 3.98. The molecule has 14 heavy (non-hydrogen) atoms. The summed E-state index contributed by atoms with van der Waals surface area (Å²) in [5, 5.41) is 0. The highest BCUT2D eigenvalue weighted by molar-refractivity contribution is 9.10. The molecule has 0 N–H and O–H groups in total. The molecule has 1 heterocycles. The van der Waals surface area contributed by atoms with Crippen LogP contribution in [0, 0.1) is 0 Å². The first kappa shape index (κ1) is 8.98. The molecule has 0 bridgehead atoms. The van der Waals surface area contributed by atoms with E-state index in [1.54, 1.807) is 0 Å². The molecular formula is C11H9BrOS. The zero-order valence-electron chi connectivity index (χ0n) is 7.55. The van der Waals surface area contributed by atoms with Crippen LogP contribution in [0.2, 0.25) is 0 Å². The Morgan fingerprint density at radius 3 is 2.79 bits per heavy atom. The third-order valence-electron chi connectivity index (χ3n) is 3.16. The number of fused-ring (bicyclic) bond motifs is 2. The van der Waals surface area contributed by atoms with Crippen molar-refractivity contribution in [3.8, 4) is 0 Å². The lowest BCUT2D eigenvalue weighted by atomic mass is 9.84. The molecule has 1 aliphatic heterocycles. The molecule has 0 unspecified atom stereocenters. The summed E-state index contributed by atoms with van der Waals surface area (Å²) in [6.45, 7) is 0. The number of rotatable bonds is 0. The number of benzene rings is 1. The lowest BCUT2D eigenvalue weighted by Gasteiger charge is -2.36. The van der Waals surface area contributed by atoms with Gasteiger partial charge in [-0.1, -0.05) is 22.0 Å². The molecule has 0 atom stereocenters. The Bertz CT molecular complexity index is 423. The fraction of sp³-hybridized carbons (Fsp3) is 0.364. The molecule has 1 spiro atoms. The van der Waals surface area contributed by atoms with E-state index in [0.717, 1.165) is 16.0 Å². The lowest BCUT2D eigenvalue weighted by Crippen LogP contribution is -2.44. The van der Waals surface area contributed by atoms with Crippen LogP contribution in [0.1, 0.15) is 11.1 Å². The zero-order valence-corrected chi connectivity index (χ0v) is 9.95. The molecule has 3 rings (SSSR count). The van der Waals surface area contributed by atoms with Gasteiger partial charge in [0.1, 0.15) is 5.78 Å². The summed E-state index contributed by atoms with van der Waals surface area (Å²) in [6.07, 6.45) is 0.634. The quantitative estimate of drug-likeness (QED) is 0.720. The van der Waals surface area contributed by atoms with Gasteiger partial charge in [0, 0.05) is 22.4 Å². The van der Waals surface area contributed by atoms with Crippen LogP contribution in [-0.4, -0.2) is 17.3 Å². The van der Waals surface area contributed by atoms with E-state index < -0.39 is 0 Å². The van der Waals surface area contributed by atoms with Crippen LogP contribution in [0.25, 0.3) is 0 Å². The van der Waals surface area contributed by atoms with Gasteiger partial charge in [-0.15, -0.1) is 0 Å². The van der Waals surface area contributed by atoms with Crippen molar-refractivity contribution in [3.63, 3.8) is 0 Å². The van der Waals surface area contributed by atoms with E-state index >= 15 is 0 Å². The zero-order chi connectivity index (χ0) is 9.76. The van der Waals surface area contributed by atoms with Gasteiger partial charge in [-0.3, -0.25) is 4.79 Å². The molecule has 1 aliphatic carbocycles. The van der Waals surface area contributed by atoms with Crippen LogP contribution in [0.3, 0.4) is 0 Å². The fourth-order valence-electron chi connectivity index (χ4n) is 2.29.